The van der Waals surface area contributed by atoms with Gasteiger partial charge in [0.1, 0.15) is 0 Å². The van der Waals surface area contributed by atoms with Crippen LogP contribution >= 0.6 is 27.7 Å². The highest BCUT2D eigenvalue weighted by Gasteiger charge is 2.05. The Balaban J connectivity index is 2.49. The highest BCUT2D eigenvalue weighted by molar-refractivity contribution is 9.10. The average molecular weight is 303 g/mol. The molecule has 0 saturated carbocycles. The molecule has 2 N–H and O–H groups in total. The predicted molar refractivity (Wildman–Crippen MR) is 72.6 cm³/mol. The first kappa shape index (κ1) is 13.4. The van der Waals surface area contributed by atoms with Crippen LogP contribution in [0.3, 0.4) is 0 Å². The molecule has 3 nitrogen and oxygen atoms in total. The van der Waals surface area contributed by atoms with Gasteiger partial charge >= 0.3 is 0 Å². The molecule has 0 radical (unpaired) electrons. The Hall–Kier alpha value is -0.680. The number of anilines is 1. The number of hydrogen-bond donors (Lipinski definition) is 1. The molecule has 1 aromatic carbocycles. The smallest absolute Gasteiger partial charge is 0.222 e. The molecule has 0 spiro atoms. The van der Waals surface area contributed by atoms with Gasteiger partial charge in [-0.3, -0.25) is 4.79 Å². The number of hydrogen-bond acceptors (Lipinski definition) is 3. The summed E-state index contributed by atoms with van der Waals surface area (Å²) in [5.74, 6) is 0.888. The first-order valence-corrected chi connectivity index (χ1v) is 6.66. The lowest BCUT2D eigenvalue weighted by atomic mass is 10.3. The van der Waals surface area contributed by atoms with E-state index in [1.54, 1.807) is 30.8 Å². The molecule has 0 aliphatic heterocycles. The minimum Gasteiger partial charge on any atom is -0.398 e. The van der Waals surface area contributed by atoms with Gasteiger partial charge in [-0.2, -0.15) is 0 Å². The van der Waals surface area contributed by atoms with Gasteiger partial charge in [-0.05, 0) is 18.2 Å². The van der Waals surface area contributed by atoms with Gasteiger partial charge in [0, 0.05) is 41.3 Å². The van der Waals surface area contributed by atoms with E-state index in [0.717, 1.165) is 20.8 Å². The summed E-state index contributed by atoms with van der Waals surface area (Å²) in [4.78, 5) is 14.0. The zero-order chi connectivity index (χ0) is 12.1. The van der Waals surface area contributed by atoms with E-state index < -0.39 is 0 Å². The average Bonchev–Trinajstić information content (AvgIpc) is 2.22. The fraction of sp³-hybridized carbons (Fsp3) is 0.364. The fourth-order valence-corrected chi connectivity index (χ4v) is 2.56. The summed E-state index contributed by atoms with van der Waals surface area (Å²) >= 11 is 5.00. The standard InChI is InChI=1S/C11H15BrN2OS/c1-14(2)11(15)5-6-16-10-7-8(12)3-4-9(10)13/h3-4,7H,5-6,13H2,1-2H3. The summed E-state index contributed by atoms with van der Waals surface area (Å²) in [5, 5.41) is 0. The van der Waals surface area contributed by atoms with Crippen LogP contribution in [0.2, 0.25) is 0 Å². The lowest BCUT2D eigenvalue weighted by Crippen LogP contribution is -2.21. The van der Waals surface area contributed by atoms with Crippen molar-refractivity contribution in [3.63, 3.8) is 0 Å². The molecule has 0 aromatic heterocycles. The van der Waals surface area contributed by atoms with Crippen LogP contribution in [-0.2, 0) is 4.79 Å². The zero-order valence-electron chi connectivity index (χ0n) is 9.37. The van der Waals surface area contributed by atoms with Crippen molar-refractivity contribution in [1.29, 1.82) is 0 Å². The Morgan fingerprint density at radius 3 is 2.81 bits per heavy atom. The number of nitrogen functional groups attached to an aromatic ring is 1. The fourth-order valence-electron chi connectivity index (χ4n) is 1.11. The van der Waals surface area contributed by atoms with Gasteiger partial charge in [-0.15, -0.1) is 11.8 Å². The second-order valence-corrected chi connectivity index (χ2v) is 5.62. The van der Waals surface area contributed by atoms with Crippen molar-refractivity contribution in [3.05, 3.63) is 22.7 Å². The number of benzene rings is 1. The molecule has 1 rings (SSSR count). The van der Waals surface area contributed by atoms with Crippen molar-refractivity contribution in [2.45, 2.75) is 11.3 Å². The second-order valence-electron chi connectivity index (χ2n) is 3.57. The van der Waals surface area contributed by atoms with Gasteiger partial charge in [-0.1, -0.05) is 15.9 Å². The SMILES string of the molecule is CN(C)C(=O)CCSc1cc(Br)ccc1N. The molecule has 0 fully saturated rings. The normalized spacial score (nSPS) is 10.2. The third kappa shape index (κ3) is 4.06. The minimum absolute atomic E-state index is 0.140. The van der Waals surface area contributed by atoms with Crippen molar-refractivity contribution in [1.82, 2.24) is 4.90 Å². The van der Waals surface area contributed by atoms with Crippen LogP contribution < -0.4 is 5.73 Å². The molecular formula is C11H15BrN2OS. The largest absolute Gasteiger partial charge is 0.398 e. The maximum Gasteiger partial charge on any atom is 0.222 e. The molecule has 0 unspecified atom stereocenters. The topological polar surface area (TPSA) is 46.3 Å². The van der Waals surface area contributed by atoms with Crippen molar-refractivity contribution in [2.24, 2.45) is 0 Å². The first-order valence-electron chi connectivity index (χ1n) is 4.88. The molecule has 0 heterocycles. The Morgan fingerprint density at radius 1 is 1.50 bits per heavy atom. The maximum absolute atomic E-state index is 11.4. The van der Waals surface area contributed by atoms with Crippen molar-refractivity contribution < 1.29 is 4.79 Å². The lowest BCUT2D eigenvalue weighted by Gasteiger charge is -2.10. The third-order valence-electron chi connectivity index (χ3n) is 2.05. The summed E-state index contributed by atoms with van der Waals surface area (Å²) in [5.41, 5.74) is 6.58. The summed E-state index contributed by atoms with van der Waals surface area (Å²) in [6, 6.07) is 5.74. The number of carbonyl (C=O) groups is 1. The molecule has 0 aliphatic rings. The van der Waals surface area contributed by atoms with E-state index in [9.17, 15) is 4.79 Å². The van der Waals surface area contributed by atoms with Crippen LogP contribution in [0.4, 0.5) is 5.69 Å². The number of nitrogens with zero attached hydrogens (tertiary/aromatic N) is 1. The molecule has 88 valence electrons. The molecule has 0 aliphatic carbocycles. The van der Waals surface area contributed by atoms with E-state index >= 15 is 0 Å². The van der Waals surface area contributed by atoms with Crippen LogP contribution in [0.15, 0.2) is 27.6 Å². The Kier molecular flexibility index (Phi) is 5.15. The van der Waals surface area contributed by atoms with Crippen LogP contribution in [0, 0.1) is 0 Å². The quantitative estimate of drug-likeness (QED) is 0.687. The minimum atomic E-state index is 0.140. The van der Waals surface area contributed by atoms with E-state index in [-0.39, 0.29) is 5.91 Å². The van der Waals surface area contributed by atoms with E-state index in [1.165, 1.54) is 0 Å². The first-order chi connectivity index (χ1) is 7.50. The number of carbonyl (C=O) groups excluding carboxylic acids is 1. The summed E-state index contributed by atoms with van der Waals surface area (Å²) in [6.07, 6.45) is 0.531. The number of halogens is 1. The van der Waals surface area contributed by atoms with Gasteiger partial charge in [0.25, 0.3) is 0 Å². The van der Waals surface area contributed by atoms with Crippen molar-refractivity contribution in [2.75, 3.05) is 25.6 Å². The molecule has 1 amide bonds. The maximum atomic E-state index is 11.4. The van der Waals surface area contributed by atoms with Gasteiger partial charge in [0.2, 0.25) is 5.91 Å². The van der Waals surface area contributed by atoms with E-state index in [0.29, 0.717) is 6.42 Å². The predicted octanol–water partition coefficient (Wildman–Crippen LogP) is 2.60. The van der Waals surface area contributed by atoms with E-state index in [2.05, 4.69) is 15.9 Å². The lowest BCUT2D eigenvalue weighted by molar-refractivity contribution is -0.128. The van der Waals surface area contributed by atoms with Crippen LogP contribution in [0.1, 0.15) is 6.42 Å². The van der Waals surface area contributed by atoms with Crippen LogP contribution in [0.25, 0.3) is 0 Å². The molecule has 16 heavy (non-hydrogen) atoms. The number of amides is 1. The molecule has 0 atom stereocenters. The number of nitrogens with two attached hydrogens (primary N) is 1. The summed E-state index contributed by atoms with van der Waals surface area (Å²) in [7, 11) is 3.53. The highest BCUT2D eigenvalue weighted by atomic mass is 79.9. The van der Waals surface area contributed by atoms with Gasteiger partial charge in [0.15, 0.2) is 0 Å². The molecule has 1 aromatic rings. The Bertz CT molecular complexity index is 382. The Labute approximate surface area is 109 Å². The summed E-state index contributed by atoms with van der Waals surface area (Å²) in [6.45, 7) is 0. The van der Waals surface area contributed by atoms with Crippen LogP contribution in [0.5, 0.6) is 0 Å². The van der Waals surface area contributed by atoms with Gasteiger partial charge in [-0.25, -0.2) is 0 Å². The zero-order valence-corrected chi connectivity index (χ0v) is 11.8. The molecule has 0 saturated heterocycles. The van der Waals surface area contributed by atoms with Crippen molar-refractivity contribution in [3.8, 4) is 0 Å². The molecule has 5 heteroatoms. The third-order valence-corrected chi connectivity index (χ3v) is 3.61. The van der Waals surface area contributed by atoms with E-state index in [4.69, 9.17) is 5.73 Å². The number of thioether (sulfide) groups is 1. The molecule has 0 bridgehead atoms. The number of rotatable bonds is 4. The second kappa shape index (κ2) is 6.15. The van der Waals surface area contributed by atoms with Gasteiger partial charge in [0.05, 0.1) is 0 Å². The van der Waals surface area contributed by atoms with E-state index in [1.807, 2.05) is 18.2 Å². The van der Waals surface area contributed by atoms with Crippen molar-refractivity contribution >= 4 is 39.3 Å². The summed E-state index contributed by atoms with van der Waals surface area (Å²) < 4.78 is 1.00. The van der Waals surface area contributed by atoms with Crippen LogP contribution in [-0.4, -0.2) is 30.7 Å². The monoisotopic (exact) mass is 302 g/mol. The highest BCUT2D eigenvalue weighted by Crippen LogP contribution is 2.28. The Morgan fingerprint density at radius 2 is 2.19 bits per heavy atom. The van der Waals surface area contributed by atoms with Gasteiger partial charge < -0.3 is 10.6 Å². The molecular weight excluding hydrogens is 288 g/mol.